The summed E-state index contributed by atoms with van der Waals surface area (Å²) in [4.78, 5) is 2.38. The SMILES string of the molecule is CCCC[N+](CCCC)(CCCC)CCCC.Cc1ccc(S(=O)(=O)NN=Cc2ccccc2)cc1. The standard InChI is InChI=1S/C16H36N.C14H14N2O2S/c1-5-9-13-17(14-10-6-2,15-11-7-3)16-12-8-4;1-12-7-9-14(10-8-12)19(17,18)16-15-11-13-5-3-2-4-6-13/h5-16H2,1-4H3;2-11,16H,1H3/q+1;. The lowest BCUT2D eigenvalue weighted by atomic mass is 10.1. The van der Waals surface area contributed by atoms with E-state index in [1.807, 2.05) is 37.3 Å². The predicted octanol–water partition coefficient (Wildman–Crippen LogP) is 7.31. The molecule has 0 radical (unpaired) electrons. The largest absolute Gasteiger partial charge is 0.324 e. The van der Waals surface area contributed by atoms with Crippen LogP contribution in [0.1, 0.15) is 90.2 Å². The molecule has 0 aliphatic carbocycles. The molecule has 2 rings (SSSR count). The molecule has 0 saturated carbocycles. The Kier molecular flexibility index (Phi) is 16.0. The molecule has 0 amide bonds. The van der Waals surface area contributed by atoms with Gasteiger partial charge in [0.05, 0.1) is 37.3 Å². The first kappa shape index (κ1) is 31.8. The molecule has 0 heterocycles. The van der Waals surface area contributed by atoms with Crippen LogP contribution in [0, 0.1) is 6.92 Å². The maximum atomic E-state index is 11.9. The van der Waals surface area contributed by atoms with Crippen molar-refractivity contribution in [1.82, 2.24) is 4.83 Å². The molecule has 2 aromatic carbocycles. The van der Waals surface area contributed by atoms with Gasteiger partial charge in [-0.2, -0.15) is 13.5 Å². The number of hydrogen-bond acceptors (Lipinski definition) is 3. The van der Waals surface area contributed by atoms with Crippen molar-refractivity contribution < 1.29 is 12.9 Å². The highest BCUT2D eigenvalue weighted by molar-refractivity contribution is 7.89. The fourth-order valence-electron chi connectivity index (χ4n) is 4.12. The van der Waals surface area contributed by atoms with Crippen molar-refractivity contribution in [3.05, 3.63) is 65.7 Å². The first-order chi connectivity index (χ1) is 17.3. The van der Waals surface area contributed by atoms with Crippen molar-refractivity contribution in [3.8, 4) is 0 Å². The third-order valence-electron chi connectivity index (χ3n) is 6.46. The second kappa shape index (κ2) is 18.1. The van der Waals surface area contributed by atoms with Crippen molar-refractivity contribution in [2.45, 2.75) is 90.9 Å². The van der Waals surface area contributed by atoms with Gasteiger partial charge in [0.15, 0.2) is 0 Å². The smallest absolute Gasteiger partial charge is 0.276 e. The van der Waals surface area contributed by atoms with Crippen molar-refractivity contribution in [2.24, 2.45) is 5.10 Å². The van der Waals surface area contributed by atoms with E-state index in [1.165, 1.54) is 88.2 Å². The Morgan fingerprint density at radius 2 is 1.17 bits per heavy atom. The molecular weight excluding hydrogens is 466 g/mol. The van der Waals surface area contributed by atoms with Crippen molar-refractivity contribution >= 4 is 16.2 Å². The first-order valence-electron chi connectivity index (χ1n) is 13.8. The van der Waals surface area contributed by atoms with Gasteiger partial charge in [0.1, 0.15) is 0 Å². The number of rotatable bonds is 16. The zero-order valence-electron chi connectivity index (χ0n) is 23.4. The molecule has 0 unspecified atom stereocenters. The average molecular weight is 517 g/mol. The molecule has 0 aliphatic rings. The monoisotopic (exact) mass is 516 g/mol. The van der Waals surface area contributed by atoms with Gasteiger partial charge in [-0.15, -0.1) is 0 Å². The Morgan fingerprint density at radius 1 is 0.722 bits per heavy atom. The van der Waals surface area contributed by atoms with E-state index >= 15 is 0 Å². The fraction of sp³-hybridized carbons (Fsp3) is 0.567. The van der Waals surface area contributed by atoms with E-state index in [-0.39, 0.29) is 4.90 Å². The Hall–Kier alpha value is -2.18. The molecule has 0 bridgehead atoms. The van der Waals surface area contributed by atoms with Crippen LogP contribution in [0.4, 0.5) is 0 Å². The van der Waals surface area contributed by atoms with Crippen LogP contribution >= 0.6 is 0 Å². The highest BCUT2D eigenvalue weighted by Crippen LogP contribution is 2.16. The van der Waals surface area contributed by atoms with Crippen LogP contribution in [0.25, 0.3) is 0 Å². The van der Waals surface area contributed by atoms with Crippen LogP contribution in [-0.2, 0) is 10.0 Å². The molecule has 202 valence electrons. The van der Waals surface area contributed by atoms with Crippen LogP contribution < -0.4 is 4.83 Å². The number of unbranched alkanes of at least 4 members (excludes halogenated alkanes) is 4. The highest BCUT2D eigenvalue weighted by Gasteiger charge is 2.24. The molecule has 1 N–H and O–H groups in total. The van der Waals surface area contributed by atoms with Gasteiger partial charge in [0.25, 0.3) is 10.0 Å². The fourth-order valence-corrected chi connectivity index (χ4v) is 4.92. The van der Waals surface area contributed by atoms with E-state index in [1.54, 1.807) is 24.3 Å². The number of quaternary nitrogens is 1. The quantitative estimate of drug-likeness (QED) is 0.144. The number of nitrogens with zero attached hydrogens (tertiary/aromatic N) is 2. The Labute approximate surface area is 221 Å². The lowest BCUT2D eigenvalue weighted by Gasteiger charge is -2.39. The van der Waals surface area contributed by atoms with Crippen LogP contribution in [-0.4, -0.2) is 45.3 Å². The molecule has 0 aliphatic heterocycles. The summed E-state index contributed by atoms with van der Waals surface area (Å²) in [6, 6.07) is 15.9. The molecular formula is C30H50N3O2S+. The number of benzene rings is 2. The van der Waals surface area contributed by atoms with Gasteiger partial charge in [0, 0.05) is 0 Å². The highest BCUT2D eigenvalue weighted by atomic mass is 32.2. The van der Waals surface area contributed by atoms with Crippen LogP contribution in [0.15, 0.2) is 64.6 Å². The van der Waals surface area contributed by atoms with Crippen molar-refractivity contribution in [3.63, 3.8) is 0 Å². The number of sulfonamides is 1. The van der Waals surface area contributed by atoms with E-state index in [4.69, 9.17) is 0 Å². The van der Waals surface area contributed by atoms with Gasteiger partial charge in [-0.25, -0.2) is 4.83 Å². The third kappa shape index (κ3) is 12.7. The predicted molar refractivity (Wildman–Crippen MR) is 155 cm³/mol. The van der Waals surface area contributed by atoms with Gasteiger partial charge in [-0.3, -0.25) is 0 Å². The maximum Gasteiger partial charge on any atom is 0.276 e. The van der Waals surface area contributed by atoms with Crippen LogP contribution in [0.3, 0.4) is 0 Å². The van der Waals surface area contributed by atoms with E-state index in [9.17, 15) is 8.42 Å². The summed E-state index contributed by atoms with van der Waals surface area (Å²) >= 11 is 0. The van der Waals surface area contributed by atoms with Crippen molar-refractivity contribution in [2.75, 3.05) is 26.2 Å². The van der Waals surface area contributed by atoms with E-state index in [0.717, 1.165) is 11.1 Å². The number of aryl methyl sites for hydroxylation is 1. The lowest BCUT2D eigenvalue weighted by Crippen LogP contribution is -2.50. The minimum Gasteiger partial charge on any atom is -0.324 e. The molecule has 36 heavy (non-hydrogen) atoms. The number of hydrazone groups is 1. The summed E-state index contributed by atoms with van der Waals surface area (Å²) in [5.74, 6) is 0. The van der Waals surface area contributed by atoms with Crippen molar-refractivity contribution in [1.29, 1.82) is 0 Å². The summed E-state index contributed by atoms with van der Waals surface area (Å²) in [5.41, 5.74) is 1.83. The van der Waals surface area contributed by atoms with Gasteiger partial charge in [-0.1, -0.05) is 101 Å². The van der Waals surface area contributed by atoms with Crippen LogP contribution in [0.5, 0.6) is 0 Å². The van der Waals surface area contributed by atoms with Gasteiger partial charge < -0.3 is 4.48 Å². The van der Waals surface area contributed by atoms with Crippen LogP contribution in [0.2, 0.25) is 0 Å². The summed E-state index contributed by atoms with van der Waals surface area (Å²) in [7, 11) is -3.60. The number of nitrogens with one attached hydrogen (secondary N) is 1. The van der Waals surface area contributed by atoms with Gasteiger partial charge in [-0.05, 0) is 50.3 Å². The molecule has 6 heteroatoms. The third-order valence-corrected chi connectivity index (χ3v) is 7.70. The van der Waals surface area contributed by atoms with Gasteiger partial charge >= 0.3 is 0 Å². The Bertz CT molecular complexity index is 904. The zero-order chi connectivity index (χ0) is 26.7. The molecule has 0 spiro atoms. The molecule has 0 fully saturated rings. The molecule has 0 saturated heterocycles. The summed E-state index contributed by atoms with van der Waals surface area (Å²) in [6.45, 7) is 16.9. The molecule has 0 aromatic heterocycles. The topological polar surface area (TPSA) is 58.5 Å². The minimum absolute atomic E-state index is 0.198. The summed E-state index contributed by atoms with van der Waals surface area (Å²) in [5, 5.41) is 3.75. The molecule has 5 nitrogen and oxygen atoms in total. The Balaban J connectivity index is 0.000000363. The second-order valence-corrected chi connectivity index (χ2v) is 11.4. The second-order valence-electron chi connectivity index (χ2n) is 9.73. The van der Waals surface area contributed by atoms with E-state index in [2.05, 4.69) is 37.6 Å². The summed E-state index contributed by atoms with van der Waals surface area (Å²) in [6.07, 6.45) is 12.5. The van der Waals surface area contributed by atoms with Gasteiger partial charge in [0.2, 0.25) is 0 Å². The minimum atomic E-state index is -3.60. The number of hydrogen-bond donors (Lipinski definition) is 1. The zero-order valence-corrected chi connectivity index (χ0v) is 24.2. The lowest BCUT2D eigenvalue weighted by molar-refractivity contribution is -0.929. The van der Waals surface area contributed by atoms with E-state index in [0.29, 0.717) is 0 Å². The molecule has 2 aromatic rings. The average Bonchev–Trinajstić information content (AvgIpc) is 2.89. The normalized spacial score (nSPS) is 11.8. The van der Waals surface area contributed by atoms with E-state index < -0.39 is 10.0 Å². The Morgan fingerprint density at radius 3 is 1.58 bits per heavy atom. The maximum absolute atomic E-state index is 11.9. The first-order valence-corrected chi connectivity index (χ1v) is 15.3. The summed E-state index contributed by atoms with van der Waals surface area (Å²) < 4.78 is 25.2. The molecule has 0 atom stereocenters.